The van der Waals surface area contributed by atoms with Gasteiger partial charge in [0.25, 0.3) is 0 Å². The lowest BCUT2D eigenvalue weighted by Crippen LogP contribution is -2.39. The normalized spacial score (nSPS) is 20.5. The summed E-state index contributed by atoms with van der Waals surface area (Å²) in [4.78, 5) is 12.8. The number of nitrogens with zero attached hydrogens (tertiary/aromatic N) is 4. The Kier molecular flexibility index (Phi) is 5.96. The van der Waals surface area contributed by atoms with E-state index in [1.54, 1.807) is 6.21 Å². The highest BCUT2D eigenvalue weighted by Crippen LogP contribution is 2.42. The van der Waals surface area contributed by atoms with E-state index in [1.165, 1.54) is 16.7 Å². The molecule has 1 aliphatic carbocycles. The van der Waals surface area contributed by atoms with Gasteiger partial charge in [0, 0.05) is 24.5 Å². The summed E-state index contributed by atoms with van der Waals surface area (Å²) in [6.07, 6.45) is 7.77. The molecule has 5 rings (SSSR count). The van der Waals surface area contributed by atoms with Gasteiger partial charge in [-0.15, -0.1) is 0 Å². The fraction of sp³-hybridized carbons (Fsp3) is 0.370. The molecule has 7 heteroatoms. The second kappa shape index (κ2) is 9.06. The van der Waals surface area contributed by atoms with E-state index in [2.05, 4.69) is 71.0 Å². The lowest BCUT2D eigenvalue weighted by molar-refractivity contribution is -0.124. The Bertz CT molecular complexity index is 1180. The van der Waals surface area contributed by atoms with E-state index in [4.69, 9.17) is 5.73 Å². The summed E-state index contributed by atoms with van der Waals surface area (Å²) in [5, 5.41) is 13.9. The number of amides is 1. The number of hydrazone groups is 1. The van der Waals surface area contributed by atoms with Gasteiger partial charge in [0.2, 0.25) is 5.91 Å². The molecule has 34 heavy (non-hydrogen) atoms. The predicted octanol–water partition coefficient (Wildman–Crippen LogP) is 3.31. The Morgan fingerprint density at radius 3 is 2.32 bits per heavy atom. The van der Waals surface area contributed by atoms with Gasteiger partial charge in [-0.1, -0.05) is 48.5 Å². The molecular weight excluding hydrogens is 424 g/mol. The minimum atomic E-state index is -0.264. The first kappa shape index (κ1) is 22.3. The summed E-state index contributed by atoms with van der Waals surface area (Å²) in [5.41, 5.74) is 11.9. The van der Waals surface area contributed by atoms with Gasteiger partial charge in [0.15, 0.2) is 0 Å². The van der Waals surface area contributed by atoms with Crippen LogP contribution in [0.5, 0.6) is 0 Å². The molecule has 1 saturated carbocycles. The summed E-state index contributed by atoms with van der Waals surface area (Å²) in [7, 11) is 0. The summed E-state index contributed by atoms with van der Waals surface area (Å²) in [6, 6.07) is 16.8. The van der Waals surface area contributed by atoms with Crippen LogP contribution in [0.15, 0.2) is 66.0 Å². The molecule has 3 aromatic rings. The van der Waals surface area contributed by atoms with E-state index >= 15 is 0 Å². The first-order chi connectivity index (χ1) is 16.4. The predicted molar refractivity (Wildman–Crippen MR) is 133 cm³/mol. The summed E-state index contributed by atoms with van der Waals surface area (Å²) >= 11 is 0. The third-order valence-corrected chi connectivity index (χ3v) is 6.93. The van der Waals surface area contributed by atoms with Crippen LogP contribution in [0.4, 0.5) is 0 Å². The molecule has 1 aliphatic heterocycles. The van der Waals surface area contributed by atoms with Crippen LogP contribution in [0.25, 0.3) is 0 Å². The lowest BCUT2D eigenvalue weighted by Gasteiger charge is -2.24. The van der Waals surface area contributed by atoms with E-state index in [0.29, 0.717) is 13.1 Å². The minimum Gasteiger partial charge on any atom is -0.351 e. The maximum atomic E-state index is 12.8. The molecule has 1 aromatic heterocycles. The van der Waals surface area contributed by atoms with E-state index in [-0.39, 0.29) is 23.4 Å². The zero-order valence-electron chi connectivity index (χ0n) is 19.8. The zero-order chi connectivity index (χ0) is 23.7. The number of nitrogens with two attached hydrogens (primary N) is 1. The van der Waals surface area contributed by atoms with Crippen LogP contribution in [0.1, 0.15) is 47.6 Å². The molecule has 2 heterocycles. The zero-order valence-corrected chi connectivity index (χ0v) is 19.8. The van der Waals surface area contributed by atoms with Crippen molar-refractivity contribution in [1.29, 1.82) is 0 Å². The molecule has 2 unspecified atom stereocenters. The van der Waals surface area contributed by atoms with Crippen molar-refractivity contribution in [1.82, 2.24) is 20.1 Å². The topological polar surface area (TPSA) is 88.5 Å². The van der Waals surface area contributed by atoms with E-state index in [9.17, 15) is 4.79 Å². The number of aryl methyl sites for hydroxylation is 1. The molecule has 0 radical (unpaired) electrons. The standard InChI is InChI=1S/C27H32N6O/c1-19-13-30-32(16-19)17-22-3-5-23(6-4-22)18-33-20(2)25(15-31-33)26(34)29-14-21-7-9-24(10-8-21)27(28)11-12-27/h3-10,13,15-16,20,25H,11-12,14,17-18,28H2,1-2H3,(H,29,34). The quantitative estimate of drug-likeness (QED) is 0.544. The van der Waals surface area contributed by atoms with Crippen molar-refractivity contribution in [3.63, 3.8) is 0 Å². The summed E-state index contributed by atoms with van der Waals surface area (Å²) in [5.74, 6) is -0.259. The van der Waals surface area contributed by atoms with Gasteiger partial charge in [0.1, 0.15) is 0 Å². The molecule has 0 spiro atoms. The molecule has 1 amide bonds. The number of aromatic nitrogens is 2. The van der Waals surface area contributed by atoms with Crippen molar-refractivity contribution in [3.05, 3.63) is 88.7 Å². The maximum absolute atomic E-state index is 12.8. The number of benzene rings is 2. The van der Waals surface area contributed by atoms with Crippen LogP contribution in [0.2, 0.25) is 0 Å². The smallest absolute Gasteiger partial charge is 0.231 e. The summed E-state index contributed by atoms with van der Waals surface area (Å²) in [6.45, 7) is 6.02. The Balaban J connectivity index is 1.11. The number of hydrogen-bond acceptors (Lipinski definition) is 5. The maximum Gasteiger partial charge on any atom is 0.231 e. The van der Waals surface area contributed by atoms with Crippen LogP contribution < -0.4 is 11.1 Å². The van der Waals surface area contributed by atoms with Gasteiger partial charge in [-0.2, -0.15) is 10.2 Å². The first-order valence-corrected chi connectivity index (χ1v) is 11.9. The second-order valence-corrected chi connectivity index (χ2v) is 9.73. The van der Waals surface area contributed by atoms with Crippen molar-refractivity contribution in [3.8, 4) is 0 Å². The van der Waals surface area contributed by atoms with E-state index < -0.39 is 0 Å². The fourth-order valence-corrected chi connectivity index (χ4v) is 4.41. The van der Waals surface area contributed by atoms with Crippen molar-refractivity contribution >= 4 is 12.1 Å². The Morgan fingerprint density at radius 1 is 1.06 bits per heavy atom. The highest BCUT2D eigenvalue weighted by molar-refractivity contribution is 5.95. The van der Waals surface area contributed by atoms with Crippen LogP contribution in [-0.4, -0.2) is 33.0 Å². The molecule has 0 saturated heterocycles. The number of hydrogen-bond donors (Lipinski definition) is 2. The molecule has 2 aliphatic rings. The van der Waals surface area contributed by atoms with E-state index in [0.717, 1.165) is 30.5 Å². The molecule has 3 N–H and O–H groups in total. The number of carbonyl (C=O) groups is 1. The molecule has 7 nitrogen and oxygen atoms in total. The van der Waals surface area contributed by atoms with Crippen molar-refractivity contribution in [2.75, 3.05) is 0 Å². The number of carbonyl (C=O) groups excluding carboxylic acids is 1. The van der Waals surface area contributed by atoms with Gasteiger partial charge in [0.05, 0.1) is 31.2 Å². The molecular formula is C27H32N6O. The van der Waals surface area contributed by atoms with Crippen LogP contribution in [0.3, 0.4) is 0 Å². The van der Waals surface area contributed by atoms with Gasteiger partial charge in [-0.05, 0) is 54.5 Å². The van der Waals surface area contributed by atoms with Crippen molar-refractivity contribution < 1.29 is 4.79 Å². The van der Waals surface area contributed by atoms with Crippen molar-refractivity contribution in [2.24, 2.45) is 16.8 Å². The molecule has 176 valence electrons. The number of nitrogens with one attached hydrogen (secondary N) is 1. The Morgan fingerprint density at radius 2 is 1.71 bits per heavy atom. The molecule has 1 fully saturated rings. The van der Waals surface area contributed by atoms with E-state index in [1.807, 2.05) is 29.0 Å². The fourth-order valence-electron chi connectivity index (χ4n) is 4.41. The molecule has 0 bridgehead atoms. The highest BCUT2D eigenvalue weighted by Gasteiger charge is 2.39. The molecule has 2 atom stereocenters. The first-order valence-electron chi connectivity index (χ1n) is 11.9. The lowest BCUT2D eigenvalue weighted by atomic mass is 10.0. The average Bonchev–Trinajstić information content (AvgIpc) is 3.30. The Labute approximate surface area is 200 Å². The van der Waals surface area contributed by atoms with Crippen LogP contribution >= 0.6 is 0 Å². The highest BCUT2D eigenvalue weighted by atomic mass is 16.2. The van der Waals surface area contributed by atoms with Crippen LogP contribution in [-0.2, 0) is 30.0 Å². The minimum absolute atomic E-state index is 0.000988. The third-order valence-electron chi connectivity index (χ3n) is 6.93. The average molecular weight is 457 g/mol. The SMILES string of the molecule is Cc1cnn(Cc2ccc(CN3N=CC(C(=O)NCc4ccc(C5(N)CC5)cc4)C3C)cc2)c1. The third kappa shape index (κ3) is 4.89. The summed E-state index contributed by atoms with van der Waals surface area (Å²) < 4.78 is 1.94. The van der Waals surface area contributed by atoms with Gasteiger partial charge in [-0.3, -0.25) is 14.5 Å². The number of rotatable bonds is 8. The molecule has 2 aromatic carbocycles. The van der Waals surface area contributed by atoms with Crippen LogP contribution in [0, 0.1) is 12.8 Å². The van der Waals surface area contributed by atoms with Crippen molar-refractivity contribution in [2.45, 2.75) is 57.9 Å². The second-order valence-electron chi connectivity index (χ2n) is 9.73. The van der Waals surface area contributed by atoms with Gasteiger partial charge < -0.3 is 11.1 Å². The largest absolute Gasteiger partial charge is 0.351 e. The van der Waals surface area contributed by atoms with Gasteiger partial charge in [-0.25, -0.2) is 0 Å². The monoisotopic (exact) mass is 456 g/mol. The Hall–Kier alpha value is -3.45. The van der Waals surface area contributed by atoms with Gasteiger partial charge >= 0.3 is 0 Å².